The smallest absolute Gasteiger partial charge is 0.254 e. The SMILES string of the molecule is CCOc1cccc([C@@H]2c3[nH]c4ccccc4c3CCN2C(=O)c2ccncc2)c1. The van der Waals surface area contributed by atoms with Gasteiger partial charge in [-0.05, 0) is 54.8 Å². The Morgan fingerprint density at radius 2 is 1.97 bits per heavy atom. The minimum Gasteiger partial charge on any atom is -0.494 e. The van der Waals surface area contributed by atoms with E-state index in [-0.39, 0.29) is 11.9 Å². The fraction of sp³-hybridized carbons (Fsp3) is 0.200. The van der Waals surface area contributed by atoms with E-state index >= 15 is 0 Å². The lowest BCUT2D eigenvalue weighted by Gasteiger charge is -2.36. The highest BCUT2D eigenvalue weighted by atomic mass is 16.5. The van der Waals surface area contributed by atoms with Gasteiger partial charge in [0.2, 0.25) is 0 Å². The summed E-state index contributed by atoms with van der Waals surface area (Å²) in [6.45, 7) is 3.23. The number of benzene rings is 2. The number of H-pyrrole nitrogens is 1. The molecule has 0 bridgehead atoms. The highest BCUT2D eigenvalue weighted by molar-refractivity contribution is 5.95. The normalized spacial score (nSPS) is 15.8. The van der Waals surface area contributed by atoms with Gasteiger partial charge in [-0.1, -0.05) is 30.3 Å². The molecule has 2 aromatic carbocycles. The molecule has 4 aromatic rings. The predicted molar refractivity (Wildman–Crippen MR) is 117 cm³/mol. The molecule has 1 N–H and O–H groups in total. The van der Waals surface area contributed by atoms with Crippen molar-refractivity contribution in [1.29, 1.82) is 0 Å². The molecule has 0 radical (unpaired) electrons. The van der Waals surface area contributed by atoms with E-state index in [1.54, 1.807) is 24.5 Å². The van der Waals surface area contributed by atoms with Crippen molar-refractivity contribution in [3.05, 3.63) is 95.4 Å². The molecular weight excluding hydrogens is 374 g/mol. The number of carbonyl (C=O) groups excluding carboxylic acids is 1. The number of hydrogen-bond acceptors (Lipinski definition) is 3. The molecule has 0 spiro atoms. The topological polar surface area (TPSA) is 58.2 Å². The first-order chi connectivity index (χ1) is 14.8. The van der Waals surface area contributed by atoms with Gasteiger partial charge in [-0.25, -0.2) is 0 Å². The number of ether oxygens (including phenoxy) is 1. The lowest BCUT2D eigenvalue weighted by atomic mass is 9.91. The molecule has 2 aromatic heterocycles. The number of para-hydroxylation sites is 1. The van der Waals surface area contributed by atoms with E-state index in [4.69, 9.17) is 4.74 Å². The maximum Gasteiger partial charge on any atom is 0.254 e. The highest BCUT2D eigenvalue weighted by Crippen LogP contribution is 2.39. The summed E-state index contributed by atoms with van der Waals surface area (Å²) >= 11 is 0. The summed E-state index contributed by atoms with van der Waals surface area (Å²) in [6, 6.07) is 19.8. The number of amides is 1. The zero-order chi connectivity index (χ0) is 20.5. The van der Waals surface area contributed by atoms with Gasteiger partial charge >= 0.3 is 0 Å². The molecule has 0 fully saturated rings. The summed E-state index contributed by atoms with van der Waals surface area (Å²) in [7, 11) is 0. The van der Waals surface area contributed by atoms with E-state index in [0.717, 1.165) is 28.9 Å². The van der Waals surface area contributed by atoms with Crippen LogP contribution in [-0.2, 0) is 6.42 Å². The standard InChI is InChI=1S/C25H23N3O2/c1-2-30-19-7-5-6-18(16-19)24-23-21(20-8-3-4-9-22(20)27-23)12-15-28(24)25(29)17-10-13-26-14-11-17/h3-11,13-14,16,24,27H,2,12,15H2,1H3/t24-/m1/s1. The van der Waals surface area contributed by atoms with Gasteiger partial charge in [0.05, 0.1) is 12.6 Å². The van der Waals surface area contributed by atoms with Crippen LogP contribution in [0.15, 0.2) is 73.1 Å². The van der Waals surface area contributed by atoms with Gasteiger partial charge < -0.3 is 14.6 Å². The molecule has 5 rings (SSSR count). The number of carbonyl (C=O) groups is 1. The van der Waals surface area contributed by atoms with E-state index in [0.29, 0.717) is 18.7 Å². The number of nitrogens with one attached hydrogen (secondary N) is 1. The first-order valence-electron chi connectivity index (χ1n) is 10.3. The van der Waals surface area contributed by atoms with Crippen LogP contribution < -0.4 is 4.74 Å². The Balaban J connectivity index is 1.66. The molecule has 30 heavy (non-hydrogen) atoms. The highest BCUT2D eigenvalue weighted by Gasteiger charge is 2.35. The van der Waals surface area contributed by atoms with E-state index in [1.165, 1.54) is 10.9 Å². The molecule has 3 heterocycles. The maximum absolute atomic E-state index is 13.5. The van der Waals surface area contributed by atoms with Crippen LogP contribution in [-0.4, -0.2) is 33.9 Å². The van der Waals surface area contributed by atoms with Gasteiger partial charge in [0.1, 0.15) is 5.75 Å². The van der Waals surface area contributed by atoms with Gasteiger partial charge in [0, 0.05) is 41.1 Å². The third-order valence-corrected chi connectivity index (χ3v) is 5.71. The first-order valence-corrected chi connectivity index (χ1v) is 10.3. The average Bonchev–Trinajstić information content (AvgIpc) is 3.17. The molecule has 0 saturated carbocycles. The molecule has 5 heteroatoms. The average molecular weight is 397 g/mol. The van der Waals surface area contributed by atoms with Crippen molar-refractivity contribution < 1.29 is 9.53 Å². The van der Waals surface area contributed by atoms with Crippen LogP contribution >= 0.6 is 0 Å². The molecule has 0 saturated heterocycles. The van der Waals surface area contributed by atoms with E-state index in [2.05, 4.69) is 34.2 Å². The maximum atomic E-state index is 13.5. The summed E-state index contributed by atoms with van der Waals surface area (Å²) in [5.41, 5.74) is 5.16. The quantitative estimate of drug-likeness (QED) is 0.541. The van der Waals surface area contributed by atoms with Crippen molar-refractivity contribution in [3.8, 4) is 5.75 Å². The van der Waals surface area contributed by atoms with Gasteiger partial charge in [-0.15, -0.1) is 0 Å². The van der Waals surface area contributed by atoms with E-state index in [1.807, 2.05) is 36.1 Å². The molecule has 1 amide bonds. The Bertz CT molecular complexity index is 1200. The molecule has 0 unspecified atom stereocenters. The zero-order valence-corrected chi connectivity index (χ0v) is 16.8. The van der Waals surface area contributed by atoms with E-state index < -0.39 is 0 Å². The minimum absolute atomic E-state index is 0.00789. The number of fused-ring (bicyclic) bond motifs is 3. The summed E-state index contributed by atoms with van der Waals surface area (Å²) in [5.74, 6) is 0.822. The van der Waals surface area contributed by atoms with Crippen LogP contribution in [0.3, 0.4) is 0 Å². The summed E-state index contributed by atoms with van der Waals surface area (Å²) in [6.07, 6.45) is 4.14. The van der Waals surface area contributed by atoms with Crippen LogP contribution in [0.25, 0.3) is 10.9 Å². The van der Waals surface area contributed by atoms with Crippen LogP contribution in [0.2, 0.25) is 0 Å². The monoisotopic (exact) mass is 397 g/mol. The van der Waals surface area contributed by atoms with Crippen molar-refractivity contribution in [2.45, 2.75) is 19.4 Å². The van der Waals surface area contributed by atoms with Gasteiger partial charge in [0.15, 0.2) is 0 Å². The van der Waals surface area contributed by atoms with Crippen molar-refractivity contribution in [2.75, 3.05) is 13.2 Å². The second kappa shape index (κ2) is 7.67. The van der Waals surface area contributed by atoms with Crippen molar-refractivity contribution in [1.82, 2.24) is 14.9 Å². The summed E-state index contributed by atoms with van der Waals surface area (Å²) in [4.78, 5) is 23.1. The Morgan fingerprint density at radius 3 is 2.80 bits per heavy atom. The summed E-state index contributed by atoms with van der Waals surface area (Å²) in [5, 5.41) is 1.23. The number of hydrogen-bond donors (Lipinski definition) is 1. The predicted octanol–water partition coefficient (Wildman–Crippen LogP) is 4.75. The lowest BCUT2D eigenvalue weighted by molar-refractivity contribution is 0.0691. The number of aromatic amines is 1. The first kappa shape index (κ1) is 18.4. The molecule has 1 aliphatic heterocycles. The van der Waals surface area contributed by atoms with Gasteiger partial charge in [-0.3, -0.25) is 9.78 Å². The number of pyridine rings is 1. The fourth-order valence-electron chi connectivity index (χ4n) is 4.41. The molecule has 1 atom stereocenters. The van der Waals surface area contributed by atoms with Crippen LogP contribution in [0.1, 0.15) is 40.1 Å². The van der Waals surface area contributed by atoms with E-state index in [9.17, 15) is 4.79 Å². The number of rotatable bonds is 4. The molecule has 0 aliphatic carbocycles. The molecular formula is C25H23N3O2. The zero-order valence-electron chi connectivity index (χ0n) is 16.8. The fourth-order valence-corrected chi connectivity index (χ4v) is 4.41. The third-order valence-electron chi connectivity index (χ3n) is 5.71. The second-order valence-electron chi connectivity index (χ2n) is 7.46. The Hall–Kier alpha value is -3.60. The molecule has 150 valence electrons. The van der Waals surface area contributed by atoms with Crippen LogP contribution in [0.4, 0.5) is 0 Å². The Morgan fingerprint density at radius 1 is 1.13 bits per heavy atom. The number of aromatic nitrogens is 2. The van der Waals surface area contributed by atoms with Crippen molar-refractivity contribution in [3.63, 3.8) is 0 Å². The largest absolute Gasteiger partial charge is 0.494 e. The Labute approximate surface area is 175 Å². The van der Waals surface area contributed by atoms with Crippen molar-refractivity contribution >= 4 is 16.8 Å². The number of nitrogens with zero attached hydrogens (tertiary/aromatic N) is 2. The molecule has 5 nitrogen and oxygen atoms in total. The molecule has 1 aliphatic rings. The van der Waals surface area contributed by atoms with Crippen molar-refractivity contribution in [2.24, 2.45) is 0 Å². The minimum atomic E-state index is -0.206. The third kappa shape index (κ3) is 3.12. The van der Waals surface area contributed by atoms with Crippen LogP contribution in [0, 0.1) is 0 Å². The van der Waals surface area contributed by atoms with Crippen LogP contribution in [0.5, 0.6) is 5.75 Å². The summed E-state index contributed by atoms with van der Waals surface area (Å²) < 4.78 is 5.74. The second-order valence-corrected chi connectivity index (χ2v) is 7.46. The Kier molecular flexibility index (Phi) is 4.71. The lowest BCUT2D eigenvalue weighted by Crippen LogP contribution is -2.40. The van der Waals surface area contributed by atoms with Gasteiger partial charge in [0.25, 0.3) is 5.91 Å². The van der Waals surface area contributed by atoms with Gasteiger partial charge in [-0.2, -0.15) is 0 Å².